The van der Waals surface area contributed by atoms with Crippen LogP contribution in [0.3, 0.4) is 0 Å². The Kier molecular flexibility index (Phi) is 17.1. The monoisotopic (exact) mass is 671 g/mol. The average molecular weight is 671 g/mol. The van der Waals surface area contributed by atoms with Crippen molar-refractivity contribution in [3.63, 3.8) is 0 Å². The van der Waals surface area contributed by atoms with E-state index in [0.29, 0.717) is 11.8 Å². The Bertz CT molecular complexity index is 1190. The van der Waals surface area contributed by atoms with Crippen molar-refractivity contribution in [2.24, 2.45) is 11.8 Å². The van der Waals surface area contributed by atoms with Crippen molar-refractivity contribution in [1.29, 1.82) is 0 Å². The van der Waals surface area contributed by atoms with Gasteiger partial charge < -0.3 is 19.3 Å². The highest BCUT2D eigenvalue weighted by Gasteiger charge is 2.33. The molecule has 3 aliphatic carbocycles. The lowest BCUT2D eigenvalue weighted by molar-refractivity contribution is 0.0698. The maximum atomic E-state index is 6.50. The number of likely N-dealkylation sites (tertiary alicyclic amines) is 1. The maximum absolute atomic E-state index is 6.50. The van der Waals surface area contributed by atoms with Crippen molar-refractivity contribution < 1.29 is 9.47 Å². The first-order chi connectivity index (χ1) is 24.2. The van der Waals surface area contributed by atoms with Gasteiger partial charge in [-0.2, -0.15) is 0 Å². The highest BCUT2D eigenvalue weighted by molar-refractivity contribution is 5.72. The lowest BCUT2D eigenvalue weighted by atomic mass is 9.69. The quantitative estimate of drug-likeness (QED) is 0.122. The van der Waals surface area contributed by atoms with Crippen LogP contribution >= 0.6 is 0 Å². The van der Waals surface area contributed by atoms with E-state index < -0.39 is 0 Å². The Morgan fingerprint density at radius 1 is 0.816 bits per heavy atom. The second-order valence-corrected chi connectivity index (χ2v) is 15.5. The van der Waals surface area contributed by atoms with Crippen molar-refractivity contribution in [2.75, 3.05) is 53.0 Å². The minimum atomic E-state index is 0.273. The average Bonchev–Trinajstić information content (AvgIpc) is 3.47. The number of rotatable bonds is 17. The van der Waals surface area contributed by atoms with E-state index in [1.807, 2.05) is 0 Å². The van der Waals surface area contributed by atoms with Crippen molar-refractivity contribution >= 4 is 5.57 Å². The van der Waals surface area contributed by atoms with Crippen LogP contribution in [0.2, 0.25) is 0 Å². The van der Waals surface area contributed by atoms with Gasteiger partial charge in [0.15, 0.2) is 0 Å². The number of unbranched alkanes of at least 4 members (excludes halogenated alkanes) is 3. The van der Waals surface area contributed by atoms with Crippen molar-refractivity contribution in [3.05, 3.63) is 77.1 Å². The van der Waals surface area contributed by atoms with Crippen molar-refractivity contribution in [1.82, 2.24) is 9.80 Å². The van der Waals surface area contributed by atoms with Crippen molar-refractivity contribution in [2.45, 2.75) is 135 Å². The first-order valence-electron chi connectivity index (χ1n) is 20.7. The number of hydrogen-bond donors (Lipinski definition) is 0. The topological polar surface area (TPSA) is 24.9 Å². The molecule has 5 rings (SSSR count). The normalized spacial score (nSPS) is 24.9. The first kappa shape index (κ1) is 38.1. The fraction of sp³-hybridized carbons (Fsp3) is 0.689. The summed E-state index contributed by atoms with van der Waals surface area (Å²) in [5, 5.41) is 0. The second-order valence-electron chi connectivity index (χ2n) is 15.5. The van der Waals surface area contributed by atoms with E-state index in [9.17, 15) is 0 Å². The number of nitrogens with zero attached hydrogens (tertiary/aromatic N) is 2. The summed E-state index contributed by atoms with van der Waals surface area (Å²) in [6.45, 7) is 10.1. The van der Waals surface area contributed by atoms with Crippen LogP contribution in [0.15, 0.2) is 71.5 Å². The maximum Gasteiger partial charge on any atom is 0.115 e. The molecule has 0 radical (unpaired) electrons. The summed E-state index contributed by atoms with van der Waals surface area (Å²) in [4.78, 5) is 5.15. The molecule has 1 aromatic rings. The van der Waals surface area contributed by atoms with Gasteiger partial charge in [0.05, 0.1) is 12.7 Å². The summed E-state index contributed by atoms with van der Waals surface area (Å²) in [7, 11) is 2.27. The molecule has 4 aliphatic rings. The summed E-state index contributed by atoms with van der Waals surface area (Å²) in [6, 6.07) is 11.3. The Morgan fingerprint density at radius 3 is 2.47 bits per heavy atom. The second kappa shape index (κ2) is 21.9. The van der Waals surface area contributed by atoms with E-state index in [2.05, 4.69) is 78.4 Å². The number of hydrogen-bond acceptors (Lipinski definition) is 4. The molecule has 1 heterocycles. The van der Waals surface area contributed by atoms with Gasteiger partial charge in [-0.15, -0.1) is 0 Å². The molecule has 1 aromatic carbocycles. The molecule has 0 saturated carbocycles. The molecule has 4 heteroatoms. The van der Waals surface area contributed by atoms with Gasteiger partial charge in [-0.1, -0.05) is 105 Å². The molecule has 0 N–H and O–H groups in total. The van der Waals surface area contributed by atoms with E-state index in [-0.39, 0.29) is 6.10 Å². The SMILES string of the molecule is CCCCCCN(C)CCCOC1=CCCC2C(=C1)CCC(c1ccccc1)=C2C1C/C=C\C(OCCCN2CCCCCC2)CCCC1. The van der Waals surface area contributed by atoms with Crippen LogP contribution in [0.25, 0.3) is 5.57 Å². The summed E-state index contributed by atoms with van der Waals surface area (Å²) in [5.41, 5.74) is 6.43. The Labute approximate surface area is 301 Å². The summed E-state index contributed by atoms with van der Waals surface area (Å²) < 4.78 is 13.0. The third kappa shape index (κ3) is 12.8. The molecule has 4 nitrogen and oxygen atoms in total. The first-order valence-corrected chi connectivity index (χ1v) is 20.7. The predicted molar refractivity (Wildman–Crippen MR) is 209 cm³/mol. The van der Waals surface area contributed by atoms with Crippen LogP contribution < -0.4 is 0 Å². The standard InChI is InChI=1S/C45H70N2O2/c1-3-4-5-13-30-46(2)31-18-35-49-42-26-17-27-43-40(37-42)28-29-44(38-20-9-8-10-21-38)45(43)39-22-11-12-24-41(25-16-23-39)48-36-19-34-47-32-14-6-7-15-33-47/h8-10,16,20-21,25-26,37,39,41,43H,3-7,11-15,17-19,22-24,27-36H2,1-2H3/b25-16-. The Balaban J connectivity index is 1.19. The van der Waals surface area contributed by atoms with Gasteiger partial charge in [-0.25, -0.2) is 0 Å². The van der Waals surface area contributed by atoms with Gasteiger partial charge in [-0.3, -0.25) is 0 Å². The van der Waals surface area contributed by atoms with E-state index in [4.69, 9.17) is 9.47 Å². The van der Waals surface area contributed by atoms with Crippen molar-refractivity contribution in [3.8, 4) is 0 Å². The molecule has 1 aliphatic heterocycles. The Morgan fingerprint density at radius 2 is 1.63 bits per heavy atom. The van der Waals surface area contributed by atoms with E-state index >= 15 is 0 Å². The van der Waals surface area contributed by atoms with Crippen LogP contribution in [-0.4, -0.2) is 68.9 Å². The molecule has 49 heavy (non-hydrogen) atoms. The molecule has 272 valence electrons. The van der Waals surface area contributed by atoms with Gasteiger partial charge in [0.2, 0.25) is 0 Å². The lowest BCUT2D eigenvalue weighted by Crippen LogP contribution is -2.27. The number of benzene rings is 1. The zero-order chi connectivity index (χ0) is 33.9. The van der Waals surface area contributed by atoms with Gasteiger partial charge in [0.1, 0.15) is 5.76 Å². The largest absolute Gasteiger partial charge is 0.494 e. The van der Waals surface area contributed by atoms with Crippen LogP contribution in [-0.2, 0) is 9.47 Å². The fourth-order valence-corrected chi connectivity index (χ4v) is 8.82. The smallest absolute Gasteiger partial charge is 0.115 e. The molecule has 1 fully saturated rings. The van der Waals surface area contributed by atoms with Crippen LogP contribution in [0.1, 0.15) is 134 Å². The summed E-state index contributed by atoms with van der Waals surface area (Å²) in [5.74, 6) is 2.24. The molecule has 0 aromatic heterocycles. The summed E-state index contributed by atoms with van der Waals surface area (Å²) in [6.07, 6.45) is 33.9. The van der Waals surface area contributed by atoms with Gasteiger partial charge in [-0.05, 0) is 133 Å². The highest BCUT2D eigenvalue weighted by atomic mass is 16.5. The third-order valence-electron chi connectivity index (χ3n) is 11.6. The lowest BCUT2D eigenvalue weighted by Gasteiger charge is -2.36. The molecular weight excluding hydrogens is 601 g/mol. The zero-order valence-corrected chi connectivity index (χ0v) is 31.5. The van der Waals surface area contributed by atoms with Crippen LogP contribution in [0.4, 0.5) is 0 Å². The molecular formula is C45H70N2O2. The number of ether oxygens (including phenoxy) is 2. The number of allylic oxidation sites excluding steroid dienone is 6. The summed E-state index contributed by atoms with van der Waals surface area (Å²) >= 11 is 0. The van der Waals surface area contributed by atoms with Gasteiger partial charge in [0.25, 0.3) is 0 Å². The van der Waals surface area contributed by atoms with E-state index in [0.717, 1.165) is 70.5 Å². The minimum absolute atomic E-state index is 0.273. The van der Waals surface area contributed by atoms with E-state index in [1.165, 1.54) is 109 Å². The van der Waals surface area contributed by atoms with Gasteiger partial charge >= 0.3 is 0 Å². The zero-order valence-electron chi connectivity index (χ0n) is 31.5. The third-order valence-corrected chi connectivity index (χ3v) is 11.6. The predicted octanol–water partition coefficient (Wildman–Crippen LogP) is 11.2. The molecule has 3 atom stereocenters. The van der Waals surface area contributed by atoms with E-state index in [1.54, 1.807) is 16.7 Å². The molecule has 1 saturated heterocycles. The number of fused-ring (bicyclic) bond motifs is 1. The molecule has 0 amide bonds. The highest BCUT2D eigenvalue weighted by Crippen LogP contribution is 2.48. The fourth-order valence-electron chi connectivity index (χ4n) is 8.82. The van der Waals surface area contributed by atoms with Crippen LogP contribution in [0.5, 0.6) is 0 Å². The minimum Gasteiger partial charge on any atom is -0.494 e. The van der Waals surface area contributed by atoms with Crippen LogP contribution in [0, 0.1) is 11.8 Å². The molecule has 0 spiro atoms. The Hall–Kier alpha value is -2.14. The van der Waals surface area contributed by atoms with Gasteiger partial charge in [0, 0.05) is 25.6 Å². The molecule has 3 unspecified atom stereocenters. The molecule has 0 bridgehead atoms.